The van der Waals surface area contributed by atoms with Crippen LogP contribution in [0.3, 0.4) is 0 Å². The number of carbonyl (C=O) groups is 2. The van der Waals surface area contributed by atoms with Gasteiger partial charge in [-0.05, 0) is 43.0 Å². The topological polar surface area (TPSA) is 57.6 Å². The second-order valence-electron chi connectivity index (χ2n) is 5.31. The van der Waals surface area contributed by atoms with Gasteiger partial charge in [-0.15, -0.1) is 11.8 Å². The molecule has 6 heteroatoms. The van der Waals surface area contributed by atoms with Gasteiger partial charge in [-0.25, -0.2) is 4.79 Å². The molecule has 0 aliphatic carbocycles. The van der Waals surface area contributed by atoms with Crippen LogP contribution in [0.5, 0.6) is 0 Å². The van der Waals surface area contributed by atoms with Gasteiger partial charge in [-0.1, -0.05) is 18.5 Å². The summed E-state index contributed by atoms with van der Waals surface area (Å²) in [5.74, 6) is -0.431. The van der Waals surface area contributed by atoms with Crippen molar-refractivity contribution >= 4 is 35.2 Å². The Morgan fingerprint density at radius 3 is 2.67 bits per heavy atom. The molecule has 2 unspecified atom stereocenters. The molecule has 1 N–H and O–H groups in total. The molecule has 1 amide bonds. The monoisotopic (exact) mass is 327 g/mol. The van der Waals surface area contributed by atoms with Gasteiger partial charge in [0, 0.05) is 16.5 Å². The summed E-state index contributed by atoms with van der Waals surface area (Å²) >= 11 is 7.22. The van der Waals surface area contributed by atoms with E-state index < -0.39 is 12.0 Å². The molecule has 1 aromatic carbocycles. The summed E-state index contributed by atoms with van der Waals surface area (Å²) in [7, 11) is 0. The summed E-state index contributed by atoms with van der Waals surface area (Å²) in [6.45, 7) is 2.55. The summed E-state index contributed by atoms with van der Waals surface area (Å²) in [5.41, 5.74) is 0. The molecule has 1 saturated heterocycles. The Morgan fingerprint density at radius 1 is 1.38 bits per heavy atom. The van der Waals surface area contributed by atoms with Gasteiger partial charge in [-0.3, -0.25) is 4.79 Å². The number of likely N-dealkylation sites (tertiary alicyclic amines) is 1. The minimum absolute atomic E-state index is 0.116. The molecule has 2 rings (SSSR count). The number of amides is 1. The summed E-state index contributed by atoms with van der Waals surface area (Å²) in [6.07, 6.45) is 1.40. The highest BCUT2D eigenvalue weighted by Crippen LogP contribution is 2.25. The predicted octanol–water partition coefficient (Wildman–Crippen LogP) is 3.14. The maximum atomic E-state index is 12.3. The smallest absolute Gasteiger partial charge is 0.326 e. The minimum Gasteiger partial charge on any atom is -0.480 e. The molecule has 0 radical (unpaired) electrons. The second kappa shape index (κ2) is 7.18. The van der Waals surface area contributed by atoms with E-state index in [4.69, 9.17) is 11.6 Å². The van der Waals surface area contributed by atoms with Crippen LogP contribution < -0.4 is 0 Å². The fourth-order valence-corrected chi connectivity index (χ4v) is 3.34. The zero-order chi connectivity index (χ0) is 15.4. The molecule has 1 aliphatic heterocycles. The van der Waals surface area contributed by atoms with E-state index >= 15 is 0 Å². The van der Waals surface area contributed by atoms with E-state index in [1.807, 2.05) is 19.1 Å². The zero-order valence-corrected chi connectivity index (χ0v) is 13.4. The van der Waals surface area contributed by atoms with Crippen LogP contribution in [0.25, 0.3) is 0 Å². The van der Waals surface area contributed by atoms with Crippen molar-refractivity contribution in [2.24, 2.45) is 5.92 Å². The highest BCUT2D eigenvalue weighted by molar-refractivity contribution is 8.00. The van der Waals surface area contributed by atoms with Crippen LogP contribution in [0, 0.1) is 5.92 Å². The molecule has 21 heavy (non-hydrogen) atoms. The third kappa shape index (κ3) is 4.38. The van der Waals surface area contributed by atoms with Crippen LogP contribution >= 0.6 is 23.4 Å². The highest BCUT2D eigenvalue weighted by atomic mass is 35.5. The van der Waals surface area contributed by atoms with Gasteiger partial charge in [0.1, 0.15) is 6.04 Å². The molecule has 4 nitrogen and oxygen atoms in total. The van der Waals surface area contributed by atoms with Crippen molar-refractivity contribution in [3.8, 4) is 0 Å². The first-order chi connectivity index (χ1) is 9.97. The van der Waals surface area contributed by atoms with Crippen LogP contribution in [0.1, 0.15) is 19.8 Å². The SMILES string of the molecule is CC1CCN(C(=O)CSc2ccc(Cl)cc2)C(C(=O)O)C1. The van der Waals surface area contributed by atoms with Crippen LogP contribution in [0.2, 0.25) is 5.02 Å². The van der Waals surface area contributed by atoms with Gasteiger partial charge in [-0.2, -0.15) is 0 Å². The second-order valence-corrected chi connectivity index (χ2v) is 6.80. The van der Waals surface area contributed by atoms with Gasteiger partial charge >= 0.3 is 5.97 Å². The Bertz CT molecular complexity index is 520. The Labute approximate surface area is 133 Å². The number of piperidine rings is 1. The number of hydrogen-bond acceptors (Lipinski definition) is 3. The maximum Gasteiger partial charge on any atom is 0.326 e. The Kier molecular flexibility index (Phi) is 5.53. The maximum absolute atomic E-state index is 12.3. The Hall–Kier alpha value is -1.20. The number of halogens is 1. The number of benzene rings is 1. The molecule has 2 atom stereocenters. The summed E-state index contributed by atoms with van der Waals surface area (Å²) in [4.78, 5) is 26.0. The number of carbonyl (C=O) groups excluding carboxylic acids is 1. The lowest BCUT2D eigenvalue weighted by molar-refractivity contribution is -0.151. The number of nitrogens with zero attached hydrogens (tertiary/aromatic N) is 1. The van der Waals surface area contributed by atoms with E-state index in [9.17, 15) is 14.7 Å². The Balaban J connectivity index is 1.95. The number of carboxylic acids is 1. The first kappa shape index (κ1) is 16.2. The van der Waals surface area contributed by atoms with E-state index in [1.54, 1.807) is 12.1 Å². The fourth-order valence-electron chi connectivity index (χ4n) is 2.43. The molecule has 114 valence electrons. The van der Waals surface area contributed by atoms with Crippen molar-refractivity contribution < 1.29 is 14.7 Å². The lowest BCUT2D eigenvalue weighted by Gasteiger charge is -2.36. The van der Waals surface area contributed by atoms with Gasteiger partial charge in [0.2, 0.25) is 5.91 Å². The van der Waals surface area contributed by atoms with Crippen molar-refractivity contribution in [1.82, 2.24) is 4.90 Å². The largest absolute Gasteiger partial charge is 0.480 e. The summed E-state index contributed by atoms with van der Waals surface area (Å²) < 4.78 is 0. The van der Waals surface area contributed by atoms with Gasteiger partial charge < -0.3 is 10.0 Å². The van der Waals surface area contributed by atoms with Crippen molar-refractivity contribution in [1.29, 1.82) is 0 Å². The first-order valence-electron chi connectivity index (χ1n) is 6.88. The van der Waals surface area contributed by atoms with Gasteiger partial charge in [0.05, 0.1) is 5.75 Å². The molecule has 1 heterocycles. The fraction of sp³-hybridized carbons (Fsp3) is 0.467. The number of hydrogen-bond donors (Lipinski definition) is 1. The normalized spacial score (nSPS) is 22.1. The summed E-state index contributed by atoms with van der Waals surface area (Å²) in [6, 6.07) is 6.57. The molecule has 0 bridgehead atoms. The molecule has 0 spiro atoms. The molecule has 1 aliphatic rings. The molecular formula is C15H18ClNO3S. The molecule has 1 aromatic rings. The van der Waals surface area contributed by atoms with Crippen LogP contribution in [0.4, 0.5) is 0 Å². The van der Waals surface area contributed by atoms with Crippen molar-refractivity contribution in [2.75, 3.05) is 12.3 Å². The quantitative estimate of drug-likeness (QED) is 0.863. The molecule has 0 saturated carbocycles. The van der Waals surface area contributed by atoms with Gasteiger partial charge in [0.25, 0.3) is 0 Å². The van der Waals surface area contributed by atoms with Crippen LogP contribution in [0.15, 0.2) is 29.2 Å². The van der Waals surface area contributed by atoms with E-state index in [0.29, 0.717) is 23.9 Å². The lowest BCUT2D eigenvalue weighted by atomic mass is 9.92. The predicted molar refractivity (Wildman–Crippen MR) is 83.7 cm³/mol. The number of aliphatic carboxylic acids is 1. The summed E-state index contributed by atoms with van der Waals surface area (Å²) in [5, 5.41) is 9.93. The molecule has 0 aromatic heterocycles. The van der Waals surface area contributed by atoms with Crippen LogP contribution in [-0.4, -0.2) is 40.2 Å². The van der Waals surface area contributed by atoms with Crippen molar-refractivity contribution in [3.63, 3.8) is 0 Å². The van der Waals surface area contributed by atoms with Gasteiger partial charge in [0.15, 0.2) is 0 Å². The van der Waals surface area contributed by atoms with E-state index in [2.05, 4.69) is 0 Å². The number of carboxylic acid groups (broad SMARTS) is 1. The molecule has 1 fully saturated rings. The first-order valence-corrected chi connectivity index (χ1v) is 8.24. The lowest BCUT2D eigenvalue weighted by Crippen LogP contribution is -2.50. The zero-order valence-electron chi connectivity index (χ0n) is 11.8. The average molecular weight is 328 g/mol. The van der Waals surface area contributed by atoms with E-state index in [1.165, 1.54) is 16.7 Å². The number of rotatable bonds is 4. The number of thioether (sulfide) groups is 1. The minimum atomic E-state index is -0.911. The average Bonchev–Trinajstić information content (AvgIpc) is 2.46. The van der Waals surface area contributed by atoms with E-state index in [0.717, 1.165) is 11.3 Å². The highest BCUT2D eigenvalue weighted by Gasteiger charge is 2.34. The van der Waals surface area contributed by atoms with Crippen LogP contribution in [-0.2, 0) is 9.59 Å². The Morgan fingerprint density at radius 2 is 2.05 bits per heavy atom. The third-order valence-corrected chi connectivity index (χ3v) is 4.89. The standard InChI is InChI=1S/C15H18ClNO3S/c1-10-6-7-17(13(8-10)15(19)20)14(18)9-21-12-4-2-11(16)3-5-12/h2-5,10,13H,6-9H2,1H3,(H,19,20). The van der Waals surface area contributed by atoms with Crippen molar-refractivity contribution in [3.05, 3.63) is 29.3 Å². The van der Waals surface area contributed by atoms with Crippen molar-refractivity contribution in [2.45, 2.75) is 30.7 Å². The van der Waals surface area contributed by atoms with E-state index in [-0.39, 0.29) is 11.7 Å². The molecular weight excluding hydrogens is 310 g/mol. The third-order valence-electron chi connectivity index (χ3n) is 3.65.